The van der Waals surface area contributed by atoms with Crippen LogP contribution >= 0.6 is 0 Å². The van der Waals surface area contributed by atoms with Crippen molar-refractivity contribution in [3.05, 3.63) is 34.4 Å². The minimum Gasteiger partial charge on any atom is -0.370 e. The van der Waals surface area contributed by atoms with Gasteiger partial charge in [0, 0.05) is 5.56 Å². The number of hydrogen-bond donors (Lipinski definition) is 0. The van der Waals surface area contributed by atoms with Crippen LogP contribution in [0.4, 0.5) is 0 Å². The standard InChI is InChI=1S/C18H26O2/c1-12-5-7-16(8-6-12)20-11-18(19)17-10-14(3)13(2)9-15(17)4/h9-10,12,16H,5-8,11H2,1-4H3. The fourth-order valence-electron chi connectivity index (χ4n) is 2.93. The lowest BCUT2D eigenvalue weighted by atomic mass is 9.89. The molecule has 0 radical (unpaired) electrons. The molecule has 110 valence electrons. The maximum Gasteiger partial charge on any atom is 0.188 e. The molecule has 2 nitrogen and oxygen atoms in total. The lowest BCUT2D eigenvalue weighted by Gasteiger charge is -2.26. The zero-order valence-corrected chi connectivity index (χ0v) is 13.2. The number of ether oxygens (including phenoxy) is 1. The van der Waals surface area contributed by atoms with Gasteiger partial charge in [-0.2, -0.15) is 0 Å². The van der Waals surface area contributed by atoms with Crippen LogP contribution in [0.3, 0.4) is 0 Å². The number of carbonyl (C=O) groups is 1. The van der Waals surface area contributed by atoms with Gasteiger partial charge >= 0.3 is 0 Å². The highest BCUT2D eigenvalue weighted by Gasteiger charge is 2.20. The van der Waals surface area contributed by atoms with Crippen molar-refractivity contribution in [2.75, 3.05) is 6.61 Å². The van der Waals surface area contributed by atoms with Crippen molar-refractivity contribution in [2.24, 2.45) is 5.92 Å². The van der Waals surface area contributed by atoms with Crippen molar-refractivity contribution in [2.45, 2.75) is 59.5 Å². The Morgan fingerprint density at radius 3 is 2.30 bits per heavy atom. The normalized spacial score (nSPS) is 22.8. The molecule has 0 heterocycles. The highest BCUT2D eigenvalue weighted by Crippen LogP contribution is 2.25. The van der Waals surface area contributed by atoms with Crippen molar-refractivity contribution in [1.82, 2.24) is 0 Å². The number of Topliss-reactive ketones (excluding diaryl/α,β-unsaturated/α-hetero) is 1. The summed E-state index contributed by atoms with van der Waals surface area (Å²) in [4.78, 5) is 12.3. The van der Waals surface area contributed by atoms with Crippen molar-refractivity contribution < 1.29 is 9.53 Å². The van der Waals surface area contributed by atoms with Crippen molar-refractivity contribution in [3.63, 3.8) is 0 Å². The van der Waals surface area contributed by atoms with Crippen LogP contribution in [0.5, 0.6) is 0 Å². The van der Waals surface area contributed by atoms with Gasteiger partial charge in [0.2, 0.25) is 0 Å². The summed E-state index contributed by atoms with van der Waals surface area (Å²) in [6.07, 6.45) is 4.92. The molecule has 0 saturated heterocycles. The molecule has 1 aromatic carbocycles. The fraction of sp³-hybridized carbons (Fsp3) is 0.611. The van der Waals surface area contributed by atoms with E-state index in [4.69, 9.17) is 4.74 Å². The Hall–Kier alpha value is -1.15. The molecule has 1 fully saturated rings. The van der Waals surface area contributed by atoms with Crippen LogP contribution in [0.25, 0.3) is 0 Å². The molecular weight excluding hydrogens is 248 g/mol. The van der Waals surface area contributed by atoms with Gasteiger partial charge in [-0.05, 0) is 75.1 Å². The molecule has 0 N–H and O–H groups in total. The number of aryl methyl sites for hydroxylation is 3. The van der Waals surface area contributed by atoms with Crippen LogP contribution in [0, 0.1) is 26.7 Å². The number of carbonyl (C=O) groups excluding carboxylic acids is 1. The average molecular weight is 274 g/mol. The zero-order chi connectivity index (χ0) is 14.7. The molecule has 1 aromatic rings. The maximum absolute atomic E-state index is 12.3. The summed E-state index contributed by atoms with van der Waals surface area (Å²) in [6, 6.07) is 4.09. The minimum atomic E-state index is 0.115. The van der Waals surface area contributed by atoms with E-state index in [0.717, 1.165) is 29.9 Å². The van der Waals surface area contributed by atoms with E-state index in [9.17, 15) is 4.79 Å². The van der Waals surface area contributed by atoms with Gasteiger partial charge in [0.1, 0.15) is 6.61 Å². The molecule has 0 aromatic heterocycles. The summed E-state index contributed by atoms with van der Waals surface area (Å²) < 4.78 is 5.82. The molecule has 1 aliphatic rings. The highest BCUT2D eigenvalue weighted by atomic mass is 16.5. The van der Waals surface area contributed by atoms with E-state index in [-0.39, 0.29) is 18.5 Å². The summed E-state index contributed by atoms with van der Waals surface area (Å²) in [5, 5.41) is 0. The third-order valence-corrected chi connectivity index (χ3v) is 4.55. The number of rotatable bonds is 4. The summed E-state index contributed by atoms with van der Waals surface area (Å²) in [6.45, 7) is 8.65. The smallest absolute Gasteiger partial charge is 0.188 e. The van der Waals surface area contributed by atoms with Gasteiger partial charge in [0.05, 0.1) is 6.10 Å². The van der Waals surface area contributed by atoms with Crippen molar-refractivity contribution >= 4 is 5.78 Å². The first-order valence-corrected chi connectivity index (χ1v) is 7.70. The molecule has 0 bridgehead atoms. The second-order valence-electron chi connectivity index (χ2n) is 6.37. The Kier molecular flexibility index (Phi) is 4.98. The molecule has 1 aliphatic carbocycles. The second kappa shape index (κ2) is 6.53. The van der Waals surface area contributed by atoms with Crippen LogP contribution in [-0.2, 0) is 4.74 Å². The number of ketones is 1. The second-order valence-corrected chi connectivity index (χ2v) is 6.37. The van der Waals surface area contributed by atoms with Crippen LogP contribution in [-0.4, -0.2) is 18.5 Å². The Bertz CT molecular complexity index is 482. The quantitative estimate of drug-likeness (QED) is 0.761. The zero-order valence-electron chi connectivity index (χ0n) is 13.2. The summed E-state index contributed by atoms with van der Waals surface area (Å²) in [5.41, 5.74) is 4.28. The van der Waals surface area contributed by atoms with Gasteiger partial charge in [-0.1, -0.05) is 13.0 Å². The van der Waals surface area contributed by atoms with Crippen molar-refractivity contribution in [3.8, 4) is 0 Å². The SMILES string of the molecule is Cc1cc(C)c(C(=O)COC2CCC(C)CC2)cc1C. The van der Waals surface area contributed by atoms with Crippen LogP contribution in [0.2, 0.25) is 0 Å². The average Bonchev–Trinajstić information content (AvgIpc) is 2.42. The number of hydrogen-bond acceptors (Lipinski definition) is 2. The summed E-state index contributed by atoms with van der Waals surface area (Å²) in [7, 11) is 0. The maximum atomic E-state index is 12.3. The Labute approximate surface area is 122 Å². The van der Waals surface area contributed by atoms with E-state index in [1.54, 1.807) is 0 Å². The van der Waals surface area contributed by atoms with Crippen LogP contribution in [0.15, 0.2) is 12.1 Å². The largest absolute Gasteiger partial charge is 0.370 e. The lowest BCUT2D eigenvalue weighted by Crippen LogP contribution is -2.23. The molecule has 0 aliphatic heterocycles. The summed E-state index contributed by atoms with van der Waals surface area (Å²) in [5.74, 6) is 0.928. The molecule has 1 saturated carbocycles. The van der Waals surface area contributed by atoms with Gasteiger partial charge in [-0.3, -0.25) is 4.79 Å². The third-order valence-electron chi connectivity index (χ3n) is 4.55. The van der Waals surface area contributed by atoms with Gasteiger partial charge in [-0.15, -0.1) is 0 Å². The van der Waals surface area contributed by atoms with E-state index in [1.807, 2.05) is 13.0 Å². The molecular formula is C18H26O2. The molecule has 2 rings (SSSR count). The Balaban J connectivity index is 1.93. The molecule has 20 heavy (non-hydrogen) atoms. The van der Waals surface area contributed by atoms with Gasteiger partial charge in [0.25, 0.3) is 0 Å². The predicted octanol–water partition coefficient (Wildman–Crippen LogP) is 4.39. The molecule has 0 amide bonds. The molecule has 0 unspecified atom stereocenters. The first kappa shape index (κ1) is 15.2. The van der Waals surface area contributed by atoms with Crippen LogP contribution < -0.4 is 0 Å². The summed E-state index contributed by atoms with van der Waals surface area (Å²) >= 11 is 0. The van der Waals surface area contributed by atoms with Gasteiger partial charge < -0.3 is 4.74 Å². The highest BCUT2D eigenvalue weighted by molar-refractivity contribution is 5.98. The van der Waals surface area contributed by atoms with E-state index >= 15 is 0 Å². The van der Waals surface area contributed by atoms with E-state index < -0.39 is 0 Å². The van der Waals surface area contributed by atoms with E-state index in [1.165, 1.54) is 24.0 Å². The minimum absolute atomic E-state index is 0.115. The molecule has 0 atom stereocenters. The van der Waals surface area contributed by atoms with Crippen LogP contribution in [0.1, 0.15) is 59.7 Å². The topological polar surface area (TPSA) is 26.3 Å². The monoisotopic (exact) mass is 274 g/mol. The number of benzene rings is 1. The first-order chi connectivity index (χ1) is 9.47. The molecule has 2 heteroatoms. The predicted molar refractivity (Wildman–Crippen MR) is 82.4 cm³/mol. The van der Waals surface area contributed by atoms with Gasteiger partial charge in [0.15, 0.2) is 5.78 Å². The fourth-order valence-corrected chi connectivity index (χ4v) is 2.93. The van der Waals surface area contributed by atoms with E-state index in [2.05, 4.69) is 26.8 Å². The third kappa shape index (κ3) is 3.69. The molecule has 0 spiro atoms. The Morgan fingerprint density at radius 1 is 1.05 bits per heavy atom. The van der Waals surface area contributed by atoms with Crippen molar-refractivity contribution in [1.29, 1.82) is 0 Å². The Morgan fingerprint density at radius 2 is 1.65 bits per heavy atom. The van der Waals surface area contributed by atoms with E-state index in [0.29, 0.717) is 0 Å². The first-order valence-electron chi connectivity index (χ1n) is 7.70. The lowest BCUT2D eigenvalue weighted by molar-refractivity contribution is 0.0217. The van der Waals surface area contributed by atoms with Gasteiger partial charge in [-0.25, -0.2) is 0 Å².